The number of benzene rings is 1. The topological polar surface area (TPSA) is 88.3 Å². The highest BCUT2D eigenvalue weighted by atomic mass is 35.5. The first-order chi connectivity index (χ1) is 15.2. The van der Waals surface area contributed by atoms with Crippen LogP contribution in [0.5, 0.6) is 0 Å². The van der Waals surface area contributed by atoms with Gasteiger partial charge in [0.05, 0.1) is 41.2 Å². The monoisotopic (exact) mass is 460 g/mol. The maximum absolute atomic E-state index is 15.2. The zero-order valence-electron chi connectivity index (χ0n) is 18.3. The Bertz CT molecular complexity index is 1180. The van der Waals surface area contributed by atoms with E-state index < -0.39 is 11.9 Å². The van der Waals surface area contributed by atoms with Crippen molar-refractivity contribution in [3.63, 3.8) is 0 Å². The molecule has 0 radical (unpaired) electrons. The van der Waals surface area contributed by atoms with Crippen LogP contribution in [0, 0.1) is 5.82 Å². The first kappa shape index (κ1) is 21.4. The number of nitrogens with zero attached hydrogens (tertiary/aromatic N) is 5. The van der Waals surface area contributed by atoms with Gasteiger partial charge in [-0.3, -0.25) is 0 Å². The minimum Gasteiger partial charge on any atom is -0.389 e. The molecule has 32 heavy (non-hydrogen) atoms. The molecule has 0 bridgehead atoms. The van der Waals surface area contributed by atoms with Crippen molar-refractivity contribution < 1.29 is 14.2 Å². The van der Waals surface area contributed by atoms with Gasteiger partial charge < -0.3 is 24.6 Å². The third-order valence-corrected chi connectivity index (χ3v) is 6.64. The van der Waals surface area contributed by atoms with Gasteiger partial charge in [0.2, 0.25) is 11.9 Å². The fourth-order valence-corrected chi connectivity index (χ4v) is 4.66. The van der Waals surface area contributed by atoms with Gasteiger partial charge in [-0.05, 0) is 38.8 Å². The molecule has 2 aliphatic rings. The van der Waals surface area contributed by atoms with E-state index in [2.05, 4.69) is 38.7 Å². The number of halogens is 2. The normalized spacial score (nSPS) is 22.8. The van der Waals surface area contributed by atoms with E-state index in [1.54, 1.807) is 0 Å². The Labute approximate surface area is 190 Å². The summed E-state index contributed by atoms with van der Waals surface area (Å²) in [6.07, 6.45) is 2.39. The van der Waals surface area contributed by atoms with Gasteiger partial charge in [0.1, 0.15) is 5.52 Å². The van der Waals surface area contributed by atoms with Crippen molar-refractivity contribution in [2.24, 2.45) is 0 Å². The minimum absolute atomic E-state index is 0.205. The summed E-state index contributed by atoms with van der Waals surface area (Å²) in [5.74, 6) is 0.649. The van der Waals surface area contributed by atoms with Gasteiger partial charge >= 0.3 is 0 Å². The lowest BCUT2D eigenvalue weighted by atomic mass is 9.97. The molecule has 0 aliphatic carbocycles. The number of aromatic nitrogens is 4. The first-order valence-electron chi connectivity index (χ1n) is 10.7. The zero-order valence-corrected chi connectivity index (χ0v) is 19.0. The number of rotatable bonds is 3. The largest absolute Gasteiger partial charge is 0.389 e. The molecule has 0 amide bonds. The van der Waals surface area contributed by atoms with Crippen LogP contribution in [-0.4, -0.2) is 63.6 Å². The average molecular weight is 461 g/mol. The molecule has 1 aromatic carbocycles. The summed E-state index contributed by atoms with van der Waals surface area (Å²) < 4.78 is 22.6. The average Bonchev–Trinajstić information content (AvgIpc) is 3.16. The molecule has 8 nitrogen and oxygen atoms in total. The van der Waals surface area contributed by atoms with Crippen LogP contribution in [-0.2, 0) is 10.3 Å². The Morgan fingerprint density at radius 1 is 1.31 bits per heavy atom. The molecule has 10 heteroatoms. The summed E-state index contributed by atoms with van der Waals surface area (Å²) in [4.78, 5) is 15.4. The second-order valence-electron chi connectivity index (χ2n) is 9.13. The number of fused-ring (bicyclic) bond motifs is 3. The van der Waals surface area contributed by atoms with Crippen molar-refractivity contribution in [3.8, 4) is 11.3 Å². The SMILES string of the molecule is CN1CCC(C)(C)n2c1nc1c(F)cc(-c3nc(N[C@@H]4CCOC[C@H]4O)ncc3Cl)cc12. The molecule has 4 heterocycles. The molecule has 3 aromatic rings. The van der Waals surface area contributed by atoms with Gasteiger partial charge in [-0.15, -0.1) is 0 Å². The molecule has 2 aliphatic heterocycles. The van der Waals surface area contributed by atoms with Crippen molar-refractivity contribution in [2.45, 2.75) is 44.4 Å². The van der Waals surface area contributed by atoms with Crippen LogP contribution >= 0.6 is 11.6 Å². The maximum atomic E-state index is 15.2. The molecule has 5 rings (SSSR count). The number of imidazole rings is 1. The van der Waals surface area contributed by atoms with E-state index in [-0.39, 0.29) is 18.2 Å². The van der Waals surface area contributed by atoms with Crippen LogP contribution in [0.1, 0.15) is 26.7 Å². The van der Waals surface area contributed by atoms with Gasteiger partial charge in [-0.25, -0.2) is 19.3 Å². The van der Waals surface area contributed by atoms with Crippen LogP contribution < -0.4 is 10.2 Å². The van der Waals surface area contributed by atoms with E-state index in [1.807, 2.05) is 18.0 Å². The number of anilines is 2. The van der Waals surface area contributed by atoms with Gasteiger partial charge in [-0.1, -0.05) is 11.6 Å². The predicted molar refractivity (Wildman–Crippen MR) is 122 cm³/mol. The molecule has 2 aromatic heterocycles. The Balaban J connectivity index is 1.59. The summed E-state index contributed by atoms with van der Waals surface area (Å²) in [7, 11) is 1.97. The van der Waals surface area contributed by atoms with Crippen LogP contribution in [0.3, 0.4) is 0 Å². The van der Waals surface area contributed by atoms with Crippen molar-refractivity contribution >= 4 is 34.5 Å². The quantitative estimate of drug-likeness (QED) is 0.619. The highest BCUT2D eigenvalue weighted by molar-refractivity contribution is 6.33. The maximum Gasteiger partial charge on any atom is 0.223 e. The molecule has 0 unspecified atom stereocenters. The lowest BCUT2D eigenvalue weighted by Crippen LogP contribution is -2.42. The molecule has 1 fully saturated rings. The third-order valence-electron chi connectivity index (χ3n) is 6.36. The number of ether oxygens (including phenoxy) is 1. The van der Waals surface area contributed by atoms with Crippen molar-refractivity contribution in [1.82, 2.24) is 19.5 Å². The molecule has 0 spiro atoms. The van der Waals surface area contributed by atoms with Gasteiger partial charge in [0.25, 0.3) is 0 Å². The summed E-state index contributed by atoms with van der Waals surface area (Å²) in [5, 5.41) is 13.6. The molecule has 1 saturated heterocycles. The molecule has 2 N–H and O–H groups in total. The van der Waals surface area contributed by atoms with Crippen LogP contribution in [0.4, 0.5) is 16.3 Å². The Morgan fingerprint density at radius 2 is 2.12 bits per heavy atom. The summed E-state index contributed by atoms with van der Waals surface area (Å²) >= 11 is 6.43. The first-order valence-corrected chi connectivity index (χ1v) is 11.1. The standard InChI is InChI=1S/C22H26ClFN6O2/c1-22(2)5-6-29(3)21-28-19-14(24)8-12(9-16(19)30(21)22)18-13(23)10-25-20(27-18)26-15-4-7-32-11-17(15)31/h8-10,15,17,31H,4-7,11H2,1-3H3,(H,25,26,27)/t15-,17-/m1/s1. The summed E-state index contributed by atoms with van der Waals surface area (Å²) in [6, 6.07) is 3.07. The van der Waals surface area contributed by atoms with E-state index in [4.69, 9.17) is 16.3 Å². The number of hydrogen-bond donors (Lipinski definition) is 2. The second-order valence-corrected chi connectivity index (χ2v) is 9.54. The van der Waals surface area contributed by atoms with Gasteiger partial charge in [-0.2, -0.15) is 0 Å². The third kappa shape index (κ3) is 3.58. The number of aliphatic hydroxyl groups excluding tert-OH is 1. The molecule has 170 valence electrons. The van der Waals surface area contributed by atoms with Crippen molar-refractivity contribution in [1.29, 1.82) is 0 Å². The van der Waals surface area contributed by atoms with Crippen LogP contribution in [0.25, 0.3) is 22.3 Å². The molecule has 0 saturated carbocycles. The fourth-order valence-electron chi connectivity index (χ4n) is 4.46. The molecule has 2 atom stereocenters. The van der Waals surface area contributed by atoms with Gasteiger partial charge in [0.15, 0.2) is 5.82 Å². The van der Waals surface area contributed by atoms with E-state index in [1.165, 1.54) is 12.3 Å². The number of hydrogen-bond acceptors (Lipinski definition) is 7. The van der Waals surface area contributed by atoms with Gasteiger partial charge in [0, 0.05) is 31.3 Å². The van der Waals surface area contributed by atoms with E-state index in [0.29, 0.717) is 46.3 Å². The van der Waals surface area contributed by atoms with E-state index >= 15 is 4.39 Å². The summed E-state index contributed by atoms with van der Waals surface area (Å²) in [5.41, 5.74) is 1.80. The lowest BCUT2D eigenvalue weighted by molar-refractivity contribution is -0.0136. The predicted octanol–water partition coefficient (Wildman–Crippen LogP) is 3.42. The van der Waals surface area contributed by atoms with E-state index in [9.17, 15) is 5.11 Å². The van der Waals surface area contributed by atoms with Crippen LogP contribution in [0.15, 0.2) is 18.3 Å². The fraction of sp³-hybridized carbons (Fsp3) is 0.500. The molecular formula is C22H26ClFN6O2. The highest BCUT2D eigenvalue weighted by Gasteiger charge is 2.33. The second kappa shape index (κ2) is 7.83. The van der Waals surface area contributed by atoms with Crippen LogP contribution in [0.2, 0.25) is 5.02 Å². The van der Waals surface area contributed by atoms with Crippen molar-refractivity contribution in [2.75, 3.05) is 37.0 Å². The zero-order chi connectivity index (χ0) is 22.6. The molecular weight excluding hydrogens is 435 g/mol. The van der Waals surface area contributed by atoms with Crippen molar-refractivity contribution in [3.05, 3.63) is 29.2 Å². The Kier molecular flexibility index (Phi) is 5.22. The number of aliphatic hydroxyl groups is 1. The lowest BCUT2D eigenvalue weighted by Gasteiger charge is -2.38. The Hall–Kier alpha value is -2.49. The smallest absolute Gasteiger partial charge is 0.223 e. The minimum atomic E-state index is -0.655. The van der Waals surface area contributed by atoms with E-state index in [0.717, 1.165) is 18.9 Å². The number of nitrogens with one attached hydrogen (secondary N) is 1. The highest BCUT2D eigenvalue weighted by Crippen LogP contribution is 2.39. The Morgan fingerprint density at radius 3 is 2.91 bits per heavy atom. The summed E-state index contributed by atoms with van der Waals surface area (Å²) in [6.45, 7) is 5.93.